The lowest BCUT2D eigenvalue weighted by molar-refractivity contribution is -0.870. The van der Waals surface area contributed by atoms with Crippen LogP contribution in [0.25, 0.3) is 0 Å². The maximum atomic E-state index is 12.0. The minimum atomic E-state index is 0.217. The standard InChI is InChI=1S/C31H62N3O2/c1-33(2,3)28-22-21-25-30(35)24-19-17-15-13-11-9-7-8-10-12-14-16-18-20-26-31(36)32-27-23-29-34(4,5)6/h7-8H,9-29H2,1-6H3/q+1/p+1/b8-7+. The highest BCUT2D eigenvalue weighted by Crippen LogP contribution is 2.11. The summed E-state index contributed by atoms with van der Waals surface area (Å²) in [6.45, 7) is 3.05. The zero-order valence-corrected chi connectivity index (χ0v) is 25.2. The van der Waals surface area contributed by atoms with Crippen molar-refractivity contribution in [1.29, 1.82) is 0 Å². The number of hydrogen-bond donors (Lipinski definition) is 1. The predicted octanol–water partition coefficient (Wildman–Crippen LogP) is 6.66. The van der Waals surface area contributed by atoms with Gasteiger partial charge in [0, 0.05) is 32.2 Å². The van der Waals surface area contributed by atoms with Gasteiger partial charge in [0.15, 0.2) is 0 Å². The first-order valence-corrected chi connectivity index (χ1v) is 15.0. The monoisotopic (exact) mass is 509 g/mol. The Hall–Kier alpha value is -1.20. The lowest BCUT2D eigenvalue weighted by Gasteiger charge is -2.23. The first kappa shape index (κ1) is 34.8. The van der Waals surface area contributed by atoms with Crippen LogP contribution >= 0.6 is 0 Å². The maximum absolute atomic E-state index is 12.0. The van der Waals surface area contributed by atoms with Gasteiger partial charge in [0.25, 0.3) is 0 Å². The van der Waals surface area contributed by atoms with Crippen molar-refractivity contribution in [3.8, 4) is 0 Å². The summed E-state index contributed by atoms with van der Waals surface area (Å²) in [6, 6.07) is 0. The Balaban J connectivity index is 3.34. The summed E-state index contributed by atoms with van der Waals surface area (Å²) in [5, 5.41) is 3.05. The molecule has 0 aliphatic rings. The second-order valence-electron chi connectivity index (χ2n) is 12.8. The van der Waals surface area contributed by atoms with Gasteiger partial charge in [-0.2, -0.15) is 0 Å². The second-order valence-corrected chi connectivity index (χ2v) is 12.8. The molecular formula is C31H63N3O2+2. The van der Waals surface area contributed by atoms with E-state index in [0.29, 0.717) is 12.2 Å². The highest BCUT2D eigenvalue weighted by atomic mass is 16.1. The van der Waals surface area contributed by atoms with E-state index in [9.17, 15) is 9.59 Å². The molecule has 0 unspecified atom stereocenters. The number of rotatable bonds is 25. The van der Waals surface area contributed by atoms with Gasteiger partial charge < -0.3 is 14.3 Å². The summed E-state index contributed by atoms with van der Waals surface area (Å²) in [5.74, 6) is 0.681. The molecule has 36 heavy (non-hydrogen) atoms. The Morgan fingerprint density at radius 1 is 0.528 bits per heavy atom. The van der Waals surface area contributed by atoms with Gasteiger partial charge in [0.05, 0.1) is 55.4 Å². The third kappa shape index (κ3) is 29.0. The molecule has 5 nitrogen and oxygen atoms in total. The zero-order valence-electron chi connectivity index (χ0n) is 25.2. The van der Waals surface area contributed by atoms with E-state index >= 15 is 0 Å². The Morgan fingerprint density at radius 3 is 1.47 bits per heavy atom. The molecule has 5 heteroatoms. The molecule has 0 bridgehead atoms. The second kappa shape index (κ2) is 21.8. The smallest absolute Gasteiger partial charge is 0.219 e. The van der Waals surface area contributed by atoms with Crippen molar-refractivity contribution in [2.24, 2.45) is 0 Å². The number of Topliss-reactive ketones (excluding diaryl/α,β-unsaturated/α-hetero) is 1. The number of carbonyl (C=O) groups excluding carboxylic acids is 2. The summed E-state index contributed by atoms with van der Waals surface area (Å²) < 4.78 is 1.94. The Morgan fingerprint density at radius 2 is 0.944 bits per heavy atom. The third-order valence-corrected chi connectivity index (χ3v) is 6.63. The third-order valence-electron chi connectivity index (χ3n) is 6.63. The average molecular weight is 510 g/mol. The molecule has 0 aromatic rings. The van der Waals surface area contributed by atoms with Gasteiger partial charge >= 0.3 is 0 Å². The van der Waals surface area contributed by atoms with Crippen LogP contribution in [0.5, 0.6) is 0 Å². The fraction of sp³-hybridized carbons (Fsp3) is 0.871. The van der Waals surface area contributed by atoms with E-state index in [1.807, 2.05) is 0 Å². The number of unbranched alkanes of at least 4 members (excludes halogenated alkanes) is 11. The van der Waals surface area contributed by atoms with Gasteiger partial charge in [-0.05, 0) is 51.4 Å². The summed E-state index contributed by atoms with van der Waals surface area (Å²) in [5.41, 5.74) is 0. The van der Waals surface area contributed by atoms with Crippen molar-refractivity contribution in [2.75, 3.05) is 61.9 Å². The number of ketones is 1. The van der Waals surface area contributed by atoms with Crippen LogP contribution in [-0.4, -0.2) is 82.6 Å². The van der Waals surface area contributed by atoms with Crippen LogP contribution in [-0.2, 0) is 9.59 Å². The zero-order chi connectivity index (χ0) is 27.1. The highest BCUT2D eigenvalue weighted by molar-refractivity contribution is 5.78. The van der Waals surface area contributed by atoms with Crippen LogP contribution in [0.3, 0.4) is 0 Å². The summed E-state index contributed by atoms with van der Waals surface area (Å²) in [4.78, 5) is 23.8. The molecule has 0 aliphatic heterocycles. The quantitative estimate of drug-likeness (QED) is 0.0849. The van der Waals surface area contributed by atoms with Crippen LogP contribution in [0.4, 0.5) is 0 Å². The number of allylic oxidation sites excluding steroid dienone is 2. The van der Waals surface area contributed by atoms with Crippen LogP contribution in [0.15, 0.2) is 12.2 Å². The number of quaternary nitrogens is 2. The van der Waals surface area contributed by atoms with E-state index in [-0.39, 0.29) is 5.91 Å². The molecule has 0 atom stereocenters. The molecule has 1 N–H and O–H groups in total. The van der Waals surface area contributed by atoms with Crippen LogP contribution in [0, 0.1) is 0 Å². The number of hydrogen-bond acceptors (Lipinski definition) is 2. The van der Waals surface area contributed by atoms with E-state index in [1.54, 1.807) is 0 Å². The van der Waals surface area contributed by atoms with Crippen LogP contribution in [0.2, 0.25) is 0 Å². The molecule has 212 valence electrons. The molecule has 0 aromatic carbocycles. The largest absolute Gasteiger partial charge is 0.356 e. The summed E-state index contributed by atoms with van der Waals surface area (Å²) in [7, 11) is 13.2. The minimum absolute atomic E-state index is 0.217. The van der Waals surface area contributed by atoms with Crippen molar-refractivity contribution in [3.63, 3.8) is 0 Å². The maximum Gasteiger partial charge on any atom is 0.219 e. The Bertz CT molecular complexity index is 523. The lowest BCUT2D eigenvalue weighted by Crippen LogP contribution is -2.37. The van der Waals surface area contributed by atoms with Gasteiger partial charge in [-0.1, -0.05) is 50.7 Å². The number of amides is 1. The Kier molecular flexibility index (Phi) is 21.1. The number of carbonyl (C=O) groups is 2. The minimum Gasteiger partial charge on any atom is -0.356 e. The first-order chi connectivity index (χ1) is 17.0. The normalized spacial score (nSPS) is 12.4. The number of nitrogens with one attached hydrogen (secondary N) is 1. The van der Waals surface area contributed by atoms with Gasteiger partial charge in [-0.3, -0.25) is 9.59 Å². The van der Waals surface area contributed by atoms with Crippen LogP contribution < -0.4 is 5.32 Å². The molecule has 0 saturated carbocycles. The van der Waals surface area contributed by atoms with Gasteiger partial charge in [-0.15, -0.1) is 0 Å². The van der Waals surface area contributed by atoms with Crippen LogP contribution in [0.1, 0.15) is 116 Å². The van der Waals surface area contributed by atoms with Crippen molar-refractivity contribution in [2.45, 2.75) is 116 Å². The topological polar surface area (TPSA) is 46.2 Å². The molecule has 0 fully saturated rings. The molecule has 0 aliphatic carbocycles. The van der Waals surface area contributed by atoms with E-state index in [2.05, 4.69) is 59.8 Å². The van der Waals surface area contributed by atoms with Crippen molar-refractivity contribution in [3.05, 3.63) is 12.2 Å². The van der Waals surface area contributed by atoms with Crippen molar-refractivity contribution in [1.82, 2.24) is 5.32 Å². The molecule has 0 saturated heterocycles. The van der Waals surface area contributed by atoms with E-state index in [4.69, 9.17) is 0 Å². The molecule has 0 aromatic heterocycles. The molecule has 1 amide bonds. The van der Waals surface area contributed by atoms with Crippen molar-refractivity contribution < 1.29 is 18.6 Å². The van der Waals surface area contributed by atoms with E-state index < -0.39 is 0 Å². The first-order valence-electron chi connectivity index (χ1n) is 15.0. The van der Waals surface area contributed by atoms with E-state index in [0.717, 1.165) is 80.0 Å². The summed E-state index contributed by atoms with van der Waals surface area (Å²) >= 11 is 0. The average Bonchev–Trinajstić information content (AvgIpc) is 2.78. The summed E-state index contributed by atoms with van der Waals surface area (Å²) in [6.07, 6.45) is 24.6. The lowest BCUT2D eigenvalue weighted by atomic mass is 10.0. The van der Waals surface area contributed by atoms with Gasteiger partial charge in [0.1, 0.15) is 5.78 Å². The van der Waals surface area contributed by atoms with Gasteiger partial charge in [-0.25, -0.2) is 0 Å². The molecule has 0 spiro atoms. The molecule has 0 radical (unpaired) electrons. The molecular weight excluding hydrogens is 446 g/mol. The fourth-order valence-corrected chi connectivity index (χ4v) is 4.33. The predicted molar refractivity (Wildman–Crippen MR) is 156 cm³/mol. The highest BCUT2D eigenvalue weighted by Gasteiger charge is 2.08. The van der Waals surface area contributed by atoms with Crippen molar-refractivity contribution >= 4 is 11.7 Å². The SMILES string of the molecule is C[N+](C)(C)CCCCC(=O)CCCCCCC/C=C/CCCCCCCC(=O)NCCC[N+](C)(C)C. The Labute approximate surface area is 225 Å². The molecule has 0 rings (SSSR count). The number of nitrogens with zero attached hydrogens (tertiary/aromatic N) is 2. The van der Waals surface area contributed by atoms with E-state index in [1.165, 1.54) is 57.8 Å². The molecule has 0 heterocycles. The van der Waals surface area contributed by atoms with Gasteiger partial charge in [0.2, 0.25) is 5.91 Å². The fourth-order valence-electron chi connectivity index (χ4n) is 4.33.